The van der Waals surface area contributed by atoms with Gasteiger partial charge in [-0.2, -0.15) is 0 Å². The largest absolute Gasteiger partial charge is 0.363 e. The monoisotopic (exact) mass is 486 g/mol. The van der Waals surface area contributed by atoms with Crippen LogP contribution in [-0.2, 0) is 5.72 Å². The number of aromatic nitrogens is 4. The van der Waals surface area contributed by atoms with Gasteiger partial charge < -0.3 is 15.4 Å². The van der Waals surface area contributed by atoms with Gasteiger partial charge in [-0.25, -0.2) is 14.4 Å². The van der Waals surface area contributed by atoms with Crippen LogP contribution in [-0.4, -0.2) is 30.9 Å². The zero-order valence-corrected chi connectivity index (χ0v) is 18.7. The van der Waals surface area contributed by atoms with Crippen molar-refractivity contribution in [1.29, 1.82) is 0 Å². The number of fused-ring (bicyclic) bond motifs is 2. The van der Waals surface area contributed by atoms with Crippen LogP contribution in [0.3, 0.4) is 0 Å². The summed E-state index contributed by atoms with van der Waals surface area (Å²) in [6.45, 7) is 0. The molecule has 1 aliphatic heterocycles. The maximum absolute atomic E-state index is 15.1. The molecule has 35 heavy (non-hydrogen) atoms. The first-order chi connectivity index (χ1) is 17.0. The number of rotatable bonds is 4. The molecule has 10 heteroatoms. The summed E-state index contributed by atoms with van der Waals surface area (Å²) in [5.41, 5.74) is 0.00455. The standard InChI is InChI=1S/C25H16ClFN6O2/c26-17-6-3-7-20(22(17)27)33-23(34)15-4-1-2-5-16(15)25(33,35)14-8-9-18-19(12-14)31-24(30-18)32-21-13-28-10-11-29-21/h1-13,35H,(H2,29,30,31,32). The Morgan fingerprint density at radius 2 is 1.94 bits per heavy atom. The van der Waals surface area contributed by atoms with E-state index in [9.17, 15) is 9.90 Å². The number of nitrogens with one attached hydrogen (secondary N) is 2. The molecule has 172 valence electrons. The average Bonchev–Trinajstić information content (AvgIpc) is 3.38. The number of carbonyl (C=O) groups excluding carboxylic acids is 1. The number of carbonyl (C=O) groups is 1. The van der Waals surface area contributed by atoms with Gasteiger partial charge in [0, 0.05) is 29.1 Å². The lowest BCUT2D eigenvalue weighted by Gasteiger charge is -2.35. The minimum Gasteiger partial charge on any atom is -0.363 e. The zero-order valence-electron chi connectivity index (χ0n) is 17.9. The van der Waals surface area contributed by atoms with Crippen molar-refractivity contribution in [3.8, 4) is 0 Å². The molecule has 3 N–H and O–H groups in total. The summed E-state index contributed by atoms with van der Waals surface area (Å²) in [5.74, 6) is -0.421. The molecule has 0 fully saturated rings. The summed E-state index contributed by atoms with van der Waals surface area (Å²) in [4.78, 5) is 30.3. The molecule has 3 heterocycles. The van der Waals surface area contributed by atoms with Crippen molar-refractivity contribution in [3.05, 3.63) is 107 Å². The van der Waals surface area contributed by atoms with Gasteiger partial charge in [0.2, 0.25) is 5.95 Å². The van der Waals surface area contributed by atoms with Gasteiger partial charge in [-0.1, -0.05) is 41.9 Å². The fraction of sp³-hybridized carbons (Fsp3) is 0.0400. The summed E-state index contributed by atoms with van der Waals surface area (Å²) in [6.07, 6.45) is 4.67. The number of imidazole rings is 1. The lowest BCUT2D eigenvalue weighted by atomic mass is 9.93. The van der Waals surface area contributed by atoms with Gasteiger partial charge in [0.15, 0.2) is 17.4 Å². The minimum atomic E-state index is -2.00. The van der Waals surface area contributed by atoms with Crippen molar-refractivity contribution < 1.29 is 14.3 Å². The SMILES string of the molecule is O=C1c2ccccc2C(O)(c2ccc3[nH]c(Nc4cnccn4)nc3c2)N1c1cccc(Cl)c1F. The third kappa shape index (κ3) is 3.24. The number of hydrogen-bond donors (Lipinski definition) is 3. The first-order valence-corrected chi connectivity index (χ1v) is 11.0. The Balaban J connectivity index is 1.50. The summed E-state index contributed by atoms with van der Waals surface area (Å²) in [5, 5.41) is 15.0. The number of anilines is 3. The van der Waals surface area contributed by atoms with Crippen molar-refractivity contribution >= 4 is 46.0 Å². The number of halogens is 2. The van der Waals surface area contributed by atoms with E-state index >= 15 is 4.39 Å². The summed E-state index contributed by atoms with van der Waals surface area (Å²) >= 11 is 6.01. The molecular weight excluding hydrogens is 471 g/mol. The van der Waals surface area contributed by atoms with Crippen LogP contribution in [0.1, 0.15) is 21.5 Å². The Morgan fingerprint density at radius 3 is 2.77 bits per heavy atom. The maximum Gasteiger partial charge on any atom is 0.261 e. The van der Waals surface area contributed by atoms with Gasteiger partial charge in [0.05, 0.1) is 27.9 Å². The van der Waals surface area contributed by atoms with E-state index in [1.165, 1.54) is 18.2 Å². The van der Waals surface area contributed by atoms with E-state index in [-0.39, 0.29) is 16.3 Å². The molecule has 2 aromatic heterocycles. The Hall–Kier alpha value is -4.34. The molecule has 6 rings (SSSR count). The predicted octanol–water partition coefficient (Wildman–Crippen LogP) is 4.74. The van der Waals surface area contributed by atoms with E-state index in [2.05, 4.69) is 25.3 Å². The quantitative estimate of drug-likeness (QED) is 0.338. The Bertz CT molecular complexity index is 1610. The van der Waals surface area contributed by atoms with Gasteiger partial charge in [-0.15, -0.1) is 0 Å². The van der Waals surface area contributed by atoms with E-state index in [1.807, 2.05) is 0 Å². The minimum absolute atomic E-state index is 0.131. The van der Waals surface area contributed by atoms with E-state index in [0.29, 0.717) is 33.9 Å². The normalized spacial score (nSPS) is 17.1. The number of hydrogen-bond acceptors (Lipinski definition) is 6. The third-order valence-electron chi connectivity index (χ3n) is 5.93. The molecule has 0 radical (unpaired) electrons. The molecule has 0 saturated carbocycles. The highest BCUT2D eigenvalue weighted by Gasteiger charge is 2.51. The molecule has 1 atom stereocenters. The lowest BCUT2D eigenvalue weighted by Crippen LogP contribution is -2.45. The second kappa shape index (κ2) is 7.86. The molecule has 1 aliphatic rings. The molecule has 8 nitrogen and oxygen atoms in total. The van der Waals surface area contributed by atoms with Crippen LogP contribution in [0.2, 0.25) is 5.02 Å². The second-order valence-electron chi connectivity index (χ2n) is 7.96. The number of amides is 1. The van der Waals surface area contributed by atoms with Crippen molar-refractivity contribution in [2.24, 2.45) is 0 Å². The summed E-state index contributed by atoms with van der Waals surface area (Å²) < 4.78 is 15.1. The van der Waals surface area contributed by atoms with E-state index < -0.39 is 17.4 Å². The van der Waals surface area contributed by atoms with Crippen LogP contribution < -0.4 is 10.2 Å². The van der Waals surface area contributed by atoms with Gasteiger partial charge >= 0.3 is 0 Å². The van der Waals surface area contributed by atoms with Crippen LogP contribution in [0, 0.1) is 5.82 Å². The fourth-order valence-electron chi connectivity index (χ4n) is 4.36. The van der Waals surface area contributed by atoms with E-state index in [1.54, 1.807) is 61.1 Å². The summed E-state index contributed by atoms with van der Waals surface area (Å²) in [6, 6.07) is 16.0. The molecule has 0 spiro atoms. The van der Waals surface area contributed by atoms with Crippen molar-refractivity contribution in [2.45, 2.75) is 5.72 Å². The first kappa shape index (κ1) is 21.2. The van der Waals surface area contributed by atoms with Crippen molar-refractivity contribution in [2.75, 3.05) is 10.2 Å². The molecule has 5 aromatic rings. The molecule has 0 bridgehead atoms. The maximum atomic E-state index is 15.1. The highest BCUT2D eigenvalue weighted by molar-refractivity contribution is 6.31. The number of aliphatic hydroxyl groups is 1. The van der Waals surface area contributed by atoms with Gasteiger partial charge in [-0.3, -0.25) is 14.7 Å². The molecule has 0 saturated heterocycles. The topological polar surface area (TPSA) is 107 Å². The van der Waals surface area contributed by atoms with Crippen LogP contribution in [0.4, 0.5) is 21.8 Å². The Labute approximate surface area is 203 Å². The molecule has 0 aliphatic carbocycles. The zero-order chi connectivity index (χ0) is 24.2. The highest BCUT2D eigenvalue weighted by atomic mass is 35.5. The van der Waals surface area contributed by atoms with Crippen molar-refractivity contribution in [3.63, 3.8) is 0 Å². The average molecular weight is 487 g/mol. The van der Waals surface area contributed by atoms with E-state index in [0.717, 1.165) is 4.90 Å². The number of H-pyrrole nitrogens is 1. The van der Waals surface area contributed by atoms with Gasteiger partial charge in [0.25, 0.3) is 5.91 Å². The van der Waals surface area contributed by atoms with Gasteiger partial charge in [-0.05, 0) is 30.3 Å². The van der Waals surface area contributed by atoms with Gasteiger partial charge in [0.1, 0.15) is 0 Å². The highest BCUT2D eigenvalue weighted by Crippen LogP contribution is 2.46. The summed E-state index contributed by atoms with van der Waals surface area (Å²) in [7, 11) is 0. The molecule has 3 aromatic carbocycles. The molecular formula is C25H16ClFN6O2. The Morgan fingerprint density at radius 1 is 1.09 bits per heavy atom. The van der Waals surface area contributed by atoms with Crippen LogP contribution >= 0.6 is 11.6 Å². The second-order valence-corrected chi connectivity index (χ2v) is 8.37. The fourth-order valence-corrected chi connectivity index (χ4v) is 4.53. The van der Waals surface area contributed by atoms with Crippen molar-refractivity contribution in [1.82, 2.24) is 19.9 Å². The smallest absolute Gasteiger partial charge is 0.261 e. The number of aromatic amines is 1. The van der Waals surface area contributed by atoms with E-state index in [4.69, 9.17) is 11.6 Å². The lowest BCUT2D eigenvalue weighted by molar-refractivity contribution is 0.0699. The number of benzene rings is 3. The number of nitrogens with zero attached hydrogens (tertiary/aromatic N) is 4. The third-order valence-corrected chi connectivity index (χ3v) is 6.22. The first-order valence-electron chi connectivity index (χ1n) is 10.6. The Kier molecular flexibility index (Phi) is 4.77. The van der Waals surface area contributed by atoms with Crippen LogP contribution in [0.5, 0.6) is 0 Å². The molecule has 1 amide bonds. The predicted molar refractivity (Wildman–Crippen MR) is 129 cm³/mol. The van der Waals surface area contributed by atoms with Crippen LogP contribution in [0.15, 0.2) is 79.3 Å². The van der Waals surface area contributed by atoms with Crippen LogP contribution in [0.25, 0.3) is 11.0 Å². The molecule has 1 unspecified atom stereocenters.